The fourth-order valence-electron chi connectivity index (χ4n) is 8.19. The van der Waals surface area contributed by atoms with Crippen LogP contribution in [0.15, 0.2) is 42.5 Å². The number of benzene rings is 2. The maximum atomic E-state index is 14.2. The van der Waals surface area contributed by atoms with Gasteiger partial charge < -0.3 is 19.6 Å². The van der Waals surface area contributed by atoms with Crippen LogP contribution in [0.5, 0.6) is 5.75 Å². The van der Waals surface area contributed by atoms with Gasteiger partial charge in [0.25, 0.3) is 0 Å². The molecule has 6 rings (SSSR count). The summed E-state index contributed by atoms with van der Waals surface area (Å²) in [4.78, 5) is 32.1. The molecule has 7 nitrogen and oxygen atoms in total. The highest BCUT2D eigenvalue weighted by atomic mass is 19.4. The second-order valence-electron chi connectivity index (χ2n) is 13.3. The third-order valence-corrected chi connectivity index (χ3v) is 10.8. The molecular formula is C35H44F3N3O4. The van der Waals surface area contributed by atoms with Gasteiger partial charge in [-0.15, -0.1) is 0 Å². The first kappa shape index (κ1) is 31.7. The molecular weight excluding hydrogens is 583 g/mol. The Morgan fingerprint density at radius 2 is 1.53 bits per heavy atom. The van der Waals surface area contributed by atoms with Gasteiger partial charge in [-0.2, -0.15) is 13.2 Å². The van der Waals surface area contributed by atoms with Gasteiger partial charge in [-0.3, -0.25) is 14.5 Å². The van der Waals surface area contributed by atoms with Crippen molar-refractivity contribution in [2.75, 3.05) is 51.3 Å². The molecule has 3 heterocycles. The average molecular weight is 628 g/mol. The first-order valence-corrected chi connectivity index (χ1v) is 16.5. The van der Waals surface area contributed by atoms with Crippen LogP contribution < -0.4 is 9.64 Å². The molecule has 2 atom stereocenters. The van der Waals surface area contributed by atoms with E-state index in [1.807, 2.05) is 21.9 Å². The van der Waals surface area contributed by atoms with Gasteiger partial charge in [0.05, 0.1) is 24.5 Å². The Labute approximate surface area is 263 Å². The highest BCUT2D eigenvalue weighted by molar-refractivity contribution is 5.81. The van der Waals surface area contributed by atoms with E-state index in [1.165, 1.54) is 31.7 Å². The lowest BCUT2D eigenvalue weighted by atomic mass is 9.84. The molecule has 1 amide bonds. The SMILES string of the molecule is COc1ccc([C@@H]2CN(C3CCCC3)C[C@H]2C(=O)N2CCC(c3ccc(C(F)(F)F)cc3N3CCC(C(=O)O)CC3)CC2)cc1. The van der Waals surface area contributed by atoms with Gasteiger partial charge in [-0.1, -0.05) is 31.0 Å². The second-order valence-corrected chi connectivity index (χ2v) is 13.3. The number of alkyl halides is 3. The van der Waals surface area contributed by atoms with Gasteiger partial charge >= 0.3 is 12.1 Å². The molecule has 0 spiro atoms. The van der Waals surface area contributed by atoms with Crippen molar-refractivity contribution in [3.63, 3.8) is 0 Å². The average Bonchev–Trinajstić information content (AvgIpc) is 3.75. The van der Waals surface area contributed by atoms with E-state index >= 15 is 0 Å². The van der Waals surface area contributed by atoms with Crippen molar-refractivity contribution in [2.24, 2.45) is 11.8 Å². The van der Waals surface area contributed by atoms with E-state index < -0.39 is 23.6 Å². The molecule has 2 aromatic carbocycles. The van der Waals surface area contributed by atoms with Gasteiger partial charge in [0.2, 0.25) is 5.91 Å². The van der Waals surface area contributed by atoms with Gasteiger partial charge in [-0.05, 0) is 79.8 Å². The maximum absolute atomic E-state index is 14.2. The molecule has 3 saturated heterocycles. The van der Waals surface area contributed by atoms with Crippen molar-refractivity contribution in [3.05, 3.63) is 59.2 Å². The Balaban J connectivity index is 1.17. The van der Waals surface area contributed by atoms with Crippen molar-refractivity contribution < 1.29 is 32.6 Å². The number of carboxylic acid groups (broad SMARTS) is 1. The molecule has 2 aromatic rings. The number of nitrogens with zero attached hydrogens (tertiary/aromatic N) is 3. The molecule has 3 aliphatic heterocycles. The number of aliphatic carboxylic acids is 1. The zero-order valence-electron chi connectivity index (χ0n) is 26.0. The lowest BCUT2D eigenvalue weighted by Crippen LogP contribution is -2.44. The first-order chi connectivity index (χ1) is 21.6. The van der Waals surface area contributed by atoms with E-state index in [9.17, 15) is 27.9 Å². The first-order valence-electron chi connectivity index (χ1n) is 16.5. The number of carboxylic acids is 1. The Bertz CT molecular complexity index is 1340. The minimum atomic E-state index is -4.46. The van der Waals surface area contributed by atoms with Gasteiger partial charge in [0.15, 0.2) is 0 Å². The summed E-state index contributed by atoms with van der Waals surface area (Å²) in [5.41, 5.74) is 1.90. The minimum absolute atomic E-state index is 0.0273. The molecule has 4 fully saturated rings. The summed E-state index contributed by atoms with van der Waals surface area (Å²) in [5.74, 6) is -0.337. The number of halogens is 3. The van der Waals surface area contributed by atoms with Crippen molar-refractivity contribution in [3.8, 4) is 5.75 Å². The Morgan fingerprint density at radius 1 is 0.867 bits per heavy atom. The second kappa shape index (κ2) is 13.2. The molecule has 0 unspecified atom stereocenters. The summed E-state index contributed by atoms with van der Waals surface area (Å²) < 4.78 is 46.6. The predicted molar refractivity (Wildman–Crippen MR) is 166 cm³/mol. The van der Waals surface area contributed by atoms with E-state index in [0.717, 1.165) is 36.0 Å². The molecule has 1 saturated carbocycles. The van der Waals surface area contributed by atoms with Crippen LogP contribution in [-0.4, -0.2) is 79.2 Å². The summed E-state index contributed by atoms with van der Waals surface area (Å²) >= 11 is 0. The van der Waals surface area contributed by atoms with Crippen LogP contribution in [0.3, 0.4) is 0 Å². The molecule has 0 bridgehead atoms. The number of likely N-dealkylation sites (tertiary alicyclic amines) is 2. The Morgan fingerprint density at radius 3 is 2.13 bits per heavy atom. The fourth-order valence-corrected chi connectivity index (χ4v) is 8.19. The number of piperidine rings is 2. The van der Waals surface area contributed by atoms with Crippen LogP contribution in [0.1, 0.15) is 79.9 Å². The molecule has 10 heteroatoms. The smallest absolute Gasteiger partial charge is 0.416 e. The molecule has 0 aromatic heterocycles. The molecule has 1 N–H and O–H groups in total. The van der Waals surface area contributed by atoms with E-state index in [-0.39, 0.29) is 23.7 Å². The minimum Gasteiger partial charge on any atom is -0.497 e. The number of ether oxygens (including phenoxy) is 1. The van der Waals surface area contributed by atoms with E-state index in [0.29, 0.717) is 63.6 Å². The number of hydrogen-bond donors (Lipinski definition) is 1. The van der Waals surface area contributed by atoms with Gasteiger partial charge in [0, 0.05) is 56.9 Å². The monoisotopic (exact) mass is 627 g/mol. The highest BCUT2D eigenvalue weighted by Crippen LogP contribution is 2.42. The molecule has 4 aliphatic rings. The van der Waals surface area contributed by atoms with Crippen LogP contribution in [0.2, 0.25) is 0 Å². The number of rotatable bonds is 7. The van der Waals surface area contributed by atoms with E-state index in [2.05, 4.69) is 17.0 Å². The Hall–Kier alpha value is -3.27. The lowest BCUT2D eigenvalue weighted by Gasteiger charge is -2.38. The number of carbonyl (C=O) groups excluding carboxylic acids is 1. The van der Waals surface area contributed by atoms with Crippen LogP contribution >= 0.6 is 0 Å². The van der Waals surface area contributed by atoms with E-state index in [1.54, 1.807) is 13.2 Å². The zero-order chi connectivity index (χ0) is 31.7. The van der Waals surface area contributed by atoms with Gasteiger partial charge in [0.1, 0.15) is 5.75 Å². The topological polar surface area (TPSA) is 73.3 Å². The maximum Gasteiger partial charge on any atom is 0.416 e. The quantitative estimate of drug-likeness (QED) is 0.384. The number of carbonyl (C=O) groups is 2. The van der Waals surface area contributed by atoms with Gasteiger partial charge in [-0.25, -0.2) is 0 Å². The molecule has 0 radical (unpaired) electrons. The summed E-state index contributed by atoms with van der Waals surface area (Å²) in [6.45, 7) is 3.59. The predicted octanol–water partition coefficient (Wildman–Crippen LogP) is 6.38. The summed E-state index contributed by atoms with van der Waals surface area (Å²) in [6.07, 6.45) is 2.57. The summed E-state index contributed by atoms with van der Waals surface area (Å²) in [7, 11) is 1.65. The van der Waals surface area contributed by atoms with Crippen LogP contribution in [-0.2, 0) is 15.8 Å². The van der Waals surface area contributed by atoms with Crippen LogP contribution in [0.4, 0.5) is 18.9 Å². The van der Waals surface area contributed by atoms with Crippen molar-refractivity contribution in [1.29, 1.82) is 0 Å². The number of hydrogen-bond acceptors (Lipinski definition) is 5. The van der Waals surface area contributed by atoms with Crippen molar-refractivity contribution in [1.82, 2.24) is 9.80 Å². The van der Waals surface area contributed by atoms with Crippen molar-refractivity contribution >= 4 is 17.6 Å². The van der Waals surface area contributed by atoms with Crippen molar-refractivity contribution in [2.45, 2.75) is 75.4 Å². The normalized spacial score (nSPS) is 24.4. The summed E-state index contributed by atoms with van der Waals surface area (Å²) in [5, 5.41) is 9.42. The van der Waals surface area contributed by atoms with E-state index in [4.69, 9.17) is 4.74 Å². The standard InChI is InChI=1S/C35H44F3N3O4/c1-45-28-9-6-23(7-10-28)30-21-41(27-4-2-3-5-27)22-31(30)33(42)40-18-12-24(13-19-40)29-11-8-26(35(36,37)38)20-32(29)39-16-14-25(15-17-39)34(43)44/h6-11,20,24-25,27,30-31H,2-5,12-19,21-22H2,1H3,(H,43,44)/t30-,31+/m0/s1. The fraction of sp³-hybridized carbons (Fsp3) is 0.600. The number of amides is 1. The summed E-state index contributed by atoms with van der Waals surface area (Å²) in [6, 6.07) is 12.6. The lowest BCUT2D eigenvalue weighted by molar-refractivity contribution is -0.142. The van der Waals surface area contributed by atoms with Crippen LogP contribution in [0.25, 0.3) is 0 Å². The Kier molecular flexibility index (Phi) is 9.32. The third kappa shape index (κ3) is 6.81. The number of methoxy groups -OCH3 is 1. The highest BCUT2D eigenvalue weighted by Gasteiger charge is 2.43. The molecule has 1 aliphatic carbocycles. The zero-order valence-corrected chi connectivity index (χ0v) is 26.0. The largest absolute Gasteiger partial charge is 0.497 e. The molecule has 45 heavy (non-hydrogen) atoms. The molecule has 244 valence electrons. The van der Waals surface area contributed by atoms with Crippen LogP contribution in [0, 0.1) is 11.8 Å². The number of anilines is 1. The third-order valence-electron chi connectivity index (χ3n) is 10.8.